The Labute approximate surface area is 113 Å². The molecule has 0 spiro atoms. The lowest BCUT2D eigenvalue weighted by atomic mass is 10.2. The highest BCUT2D eigenvalue weighted by atomic mass is 19.4. The molecule has 1 amide bonds. The lowest BCUT2D eigenvalue weighted by molar-refractivity contribution is -0.137. The van der Waals surface area contributed by atoms with Gasteiger partial charge in [0.15, 0.2) is 5.69 Å². The Morgan fingerprint density at radius 1 is 1.25 bits per heavy atom. The van der Waals surface area contributed by atoms with Crippen LogP contribution in [0.25, 0.3) is 0 Å². The molecule has 2 aromatic rings. The van der Waals surface area contributed by atoms with Crippen LogP contribution >= 0.6 is 0 Å². The third-order valence-electron chi connectivity index (χ3n) is 2.70. The maximum absolute atomic E-state index is 12.4. The standard InChI is InChI=1S/C13H12F3N3O/c1-8-7-19(2)18-11(8)12(20)17-10-5-3-9(4-6-10)13(14,15)16/h3-7H,1-2H3,(H,17,20). The SMILES string of the molecule is Cc1cn(C)nc1C(=O)Nc1ccc(C(F)(F)F)cc1. The molecule has 20 heavy (non-hydrogen) atoms. The van der Waals surface area contributed by atoms with E-state index in [0.29, 0.717) is 5.56 Å². The molecular weight excluding hydrogens is 271 g/mol. The highest BCUT2D eigenvalue weighted by Gasteiger charge is 2.30. The molecule has 0 saturated heterocycles. The predicted octanol–water partition coefficient (Wildman–Crippen LogP) is 3.00. The molecule has 0 bridgehead atoms. The van der Waals surface area contributed by atoms with Crippen LogP contribution < -0.4 is 5.32 Å². The van der Waals surface area contributed by atoms with Crippen molar-refractivity contribution in [2.75, 3.05) is 5.32 Å². The van der Waals surface area contributed by atoms with Gasteiger partial charge in [0.2, 0.25) is 0 Å². The Morgan fingerprint density at radius 3 is 2.30 bits per heavy atom. The second-order valence-corrected chi connectivity index (χ2v) is 4.36. The third kappa shape index (κ3) is 2.98. The van der Waals surface area contributed by atoms with Gasteiger partial charge < -0.3 is 5.32 Å². The molecule has 0 saturated carbocycles. The fraction of sp³-hybridized carbons (Fsp3) is 0.231. The summed E-state index contributed by atoms with van der Waals surface area (Å²) in [5.74, 6) is -0.456. The molecular formula is C13H12F3N3O. The molecule has 1 aromatic heterocycles. The number of hydrogen-bond acceptors (Lipinski definition) is 2. The van der Waals surface area contributed by atoms with Crippen molar-refractivity contribution in [1.82, 2.24) is 9.78 Å². The van der Waals surface area contributed by atoms with Gasteiger partial charge in [0.1, 0.15) is 0 Å². The molecule has 1 N–H and O–H groups in total. The number of nitrogens with one attached hydrogen (secondary N) is 1. The van der Waals surface area contributed by atoms with Crippen LogP contribution in [0.2, 0.25) is 0 Å². The molecule has 0 aliphatic heterocycles. The summed E-state index contributed by atoms with van der Waals surface area (Å²) in [5.41, 5.74) is 0.460. The summed E-state index contributed by atoms with van der Waals surface area (Å²) < 4.78 is 38.7. The van der Waals surface area contributed by atoms with Crippen molar-refractivity contribution in [2.24, 2.45) is 7.05 Å². The van der Waals surface area contributed by atoms with Gasteiger partial charge in [-0.05, 0) is 31.2 Å². The first kappa shape index (κ1) is 14.1. The van der Waals surface area contributed by atoms with E-state index in [1.54, 1.807) is 20.2 Å². The molecule has 0 unspecified atom stereocenters. The molecule has 1 aromatic carbocycles. The molecule has 0 radical (unpaired) electrons. The molecule has 7 heteroatoms. The molecule has 1 heterocycles. The van der Waals surface area contributed by atoms with Crippen molar-refractivity contribution in [3.63, 3.8) is 0 Å². The number of carbonyl (C=O) groups is 1. The number of carbonyl (C=O) groups excluding carboxylic acids is 1. The van der Waals surface area contributed by atoms with E-state index >= 15 is 0 Å². The number of anilines is 1. The van der Waals surface area contributed by atoms with Gasteiger partial charge in [-0.2, -0.15) is 18.3 Å². The number of benzene rings is 1. The van der Waals surface area contributed by atoms with Gasteiger partial charge in [0.25, 0.3) is 5.91 Å². The Bertz CT molecular complexity index is 629. The maximum atomic E-state index is 12.4. The first-order valence-corrected chi connectivity index (χ1v) is 5.76. The van der Waals surface area contributed by atoms with E-state index in [4.69, 9.17) is 0 Å². The summed E-state index contributed by atoms with van der Waals surface area (Å²) in [6, 6.07) is 4.25. The zero-order valence-corrected chi connectivity index (χ0v) is 10.8. The highest BCUT2D eigenvalue weighted by molar-refractivity contribution is 6.03. The molecule has 2 rings (SSSR count). The van der Waals surface area contributed by atoms with Crippen molar-refractivity contribution >= 4 is 11.6 Å². The number of aromatic nitrogens is 2. The minimum Gasteiger partial charge on any atom is -0.321 e. The number of hydrogen-bond donors (Lipinski definition) is 1. The largest absolute Gasteiger partial charge is 0.416 e. The summed E-state index contributed by atoms with van der Waals surface area (Å²) in [4.78, 5) is 11.9. The summed E-state index contributed by atoms with van der Waals surface area (Å²) >= 11 is 0. The summed E-state index contributed by atoms with van der Waals surface area (Å²) in [6.45, 7) is 1.73. The van der Waals surface area contributed by atoms with Crippen molar-refractivity contribution in [3.8, 4) is 0 Å². The number of amides is 1. The van der Waals surface area contributed by atoms with E-state index in [1.807, 2.05) is 0 Å². The van der Waals surface area contributed by atoms with Crippen LogP contribution in [-0.2, 0) is 13.2 Å². The van der Waals surface area contributed by atoms with Crippen molar-refractivity contribution < 1.29 is 18.0 Å². The van der Waals surface area contributed by atoms with Crippen LogP contribution in [-0.4, -0.2) is 15.7 Å². The van der Waals surface area contributed by atoms with E-state index in [2.05, 4.69) is 10.4 Å². The highest BCUT2D eigenvalue weighted by Crippen LogP contribution is 2.29. The number of halogens is 3. The summed E-state index contributed by atoms with van der Waals surface area (Å²) in [5, 5.41) is 6.50. The topological polar surface area (TPSA) is 46.9 Å². The molecule has 106 valence electrons. The normalized spacial score (nSPS) is 11.4. The van der Waals surface area contributed by atoms with Crippen LogP contribution in [0.15, 0.2) is 30.5 Å². The van der Waals surface area contributed by atoms with Crippen LogP contribution in [0.3, 0.4) is 0 Å². The quantitative estimate of drug-likeness (QED) is 0.921. The van der Waals surface area contributed by atoms with Crippen molar-refractivity contribution in [2.45, 2.75) is 13.1 Å². The van der Waals surface area contributed by atoms with Gasteiger partial charge in [0, 0.05) is 24.5 Å². The smallest absolute Gasteiger partial charge is 0.321 e. The Hall–Kier alpha value is -2.31. The monoisotopic (exact) mass is 283 g/mol. The summed E-state index contributed by atoms with van der Waals surface area (Å²) in [6.07, 6.45) is -2.71. The fourth-order valence-corrected chi connectivity index (χ4v) is 1.76. The molecule has 0 fully saturated rings. The molecule has 0 aliphatic rings. The molecule has 4 nitrogen and oxygen atoms in total. The average molecular weight is 283 g/mol. The van der Waals surface area contributed by atoms with E-state index < -0.39 is 17.6 Å². The summed E-state index contributed by atoms with van der Waals surface area (Å²) in [7, 11) is 1.68. The van der Waals surface area contributed by atoms with E-state index in [1.165, 1.54) is 16.8 Å². The first-order valence-electron chi connectivity index (χ1n) is 5.76. The van der Waals surface area contributed by atoms with Gasteiger partial charge in [-0.15, -0.1) is 0 Å². The Morgan fingerprint density at radius 2 is 1.85 bits per heavy atom. The lowest BCUT2D eigenvalue weighted by Gasteiger charge is -2.08. The first-order chi connectivity index (χ1) is 9.27. The van der Waals surface area contributed by atoms with E-state index in [-0.39, 0.29) is 11.4 Å². The molecule has 0 atom stereocenters. The van der Waals surface area contributed by atoms with Crippen molar-refractivity contribution in [1.29, 1.82) is 0 Å². The van der Waals surface area contributed by atoms with Gasteiger partial charge in [-0.1, -0.05) is 0 Å². The van der Waals surface area contributed by atoms with E-state index in [9.17, 15) is 18.0 Å². The van der Waals surface area contributed by atoms with Crippen LogP contribution in [0, 0.1) is 6.92 Å². The van der Waals surface area contributed by atoms with Crippen molar-refractivity contribution in [3.05, 3.63) is 47.3 Å². The third-order valence-corrected chi connectivity index (χ3v) is 2.70. The number of aryl methyl sites for hydroxylation is 2. The van der Waals surface area contributed by atoms with Gasteiger partial charge >= 0.3 is 6.18 Å². The molecule has 0 aliphatic carbocycles. The maximum Gasteiger partial charge on any atom is 0.416 e. The number of alkyl halides is 3. The zero-order valence-electron chi connectivity index (χ0n) is 10.8. The van der Waals surface area contributed by atoms with Crippen LogP contribution in [0.1, 0.15) is 21.6 Å². The predicted molar refractivity (Wildman–Crippen MR) is 67.3 cm³/mol. The lowest BCUT2D eigenvalue weighted by Crippen LogP contribution is -2.14. The average Bonchev–Trinajstić information content (AvgIpc) is 2.68. The Kier molecular flexibility index (Phi) is 3.52. The van der Waals surface area contributed by atoms with Crippen LogP contribution in [0.4, 0.5) is 18.9 Å². The fourth-order valence-electron chi connectivity index (χ4n) is 1.76. The minimum atomic E-state index is -4.39. The van der Waals surface area contributed by atoms with Gasteiger partial charge in [-0.25, -0.2) is 0 Å². The second-order valence-electron chi connectivity index (χ2n) is 4.36. The van der Waals surface area contributed by atoms with Gasteiger partial charge in [0.05, 0.1) is 5.56 Å². The van der Waals surface area contributed by atoms with E-state index in [0.717, 1.165) is 12.1 Å². The number of rotatable bonds is 2. The zero-order chi connectivity index (χ0) is 14.9. The van der Waals surface area contributed by atoms with Crippen LogP contribution in [0.5, 0.6) is 0 Å². The second kappa shape index (κ2) is 4.99. The minimum absolute atomic E-state index is 0.243. The Balaban J connectivity index is 2.14. The van der Waals surface area contributed by atoms with Gasteiger partial charge in [-0.3, -0.25) is 9.48 Å². The number of nitrogens with zero attached hydrogens (tertiary/aromatic N) is 2.